The molecular formula is C20H29FN2O4S. The van der Waals surface area contributed by atoms with Crippen LogP contribution in [0.1, 0.15) is 33.1 Å². The van der Waals surface area contributed by atoms with E-state index >= 15 is 0 Å². The maximum atomic E-state index is 13.3. The smallest absolute Gasteiger partial charge is 0.295 e. The number of likely N-dealkylation sites (tertiary alicyclic amines) is 1. The predicted octanol–water partition coefficient (Wildman–Crippen LogP) is 2.79. The number of rotatable bonds is 4. The van der Waals surface area contributed by atoms with E-state index in [2.05, 4.69) is 18.7 Å². The Hall–Kier alpha value is -1.58. The average molecular weight is 413 g/mol. The summed E-state index contributed by atoms with van der Waals surface area (Å²) in [6.07, 6.45) is 3.46. The van der Waals surface area contributed by atoms with Crippen molar-refractivity contribution in [3.8, 4) is 0 Å². The Bertz CT molecular complexity index is 881. The van der Waals surface area contributed by atoms with Crippen LogP contribution in [0.25, 0.3) is 10.8 Å². The fourth-order valence-electron chi connectivity index (χ4n) is 3.61. The lowest BCUT2D eigenvalue weighted by Gasteiger charge is -2.39. The predicted molar refractivity (Wildman–Crippen MR) is 108 cm³/mol. The molecule has 2 aromatic rings. The Kier molecular flexibility index (Phi) is 7.91. The highest BCUT2D eigenvalue weighted by atomic mass is 32.2. The second kappa shape index (κ2) is 9.76. The lowest BCUT2D eigenvalue weighted by atomic mass is 9.97. The minimum atomic E-state index is -4.31. The normalized spacial score (nSPS) is 21.8. The van der Waals surface area contributed by atoms with E-state index in [-0.39, 0.29) is 21.8 Å². The molecule has 0 amide bonds. The van der Waals surface area contributed by atoms with Gasteiger partial charge >= 0.3 is 0 Å². The molecule has 0 radical (unpaired) electrons. The number of aliphatic hydroxyl groups is 1. The fourth-order valence-corrected chi connectivity index (χ4v) is 4.31. The van der Waals surface area contributed by atoms with Gasteiger partial charge in [-0.05, 0) is 38.8 Å². The molecular weight excluding hydrogens is 383 g/mol. The minimum Gasteiger partial charge on any atom is -0.390 e. The van der Waals surface area contributed by atoms with Crippen molar-refractivity contribution < 1.29 is 22.5 Å². The quantitative estimate of drug-likeness (QED) is 0.667. The van der Waals surface area contributed by atoms with E-state index in [1.54, 1.807) is 12.1 Å². The van der Waals surface area contributed by atoms with Gasteiger partial charge in [0.2, 0.25) is 0 Å². The largest absolute Gasteiger partial charge is 0.390 e. The minimum absolute atomic E-state index is 0.174. The van der Waals surface area contributed by atoms with Crippen molar-refractivity contribution in [2.45, 2.75) is 56.2 Å². The van der Waals surface area contributed by atoms with E-state index in [4.69, 9.17) is 10.3 Å². The monoisotopic (exact) mass is 412 g/mol. The topological polar surface area (TPSA) is 104 Å². The summed E-state index contributed by atoms with van der Waals surface area (Å²) in [6, 6.07) is 9.35. The molecule has 6 nitrogen and oxygen atoms in total. The zero-order chi connectivity index (χ0) is 20.9. The van der Waals surface area contributed by atoms with Crippen molar-refractivity contribution in [3.63, 3.8) is 0 Å². The summed E-state index contributed by atoms with van der Waals surface area (Å²) in [7, 11) is -4.31. The second-order valence-corrected chi connectivity index (χ2v) is 8.67. The van der Waals surface area contributed by atoms with Gasteiger partial charge < -0.3 is 10.8 Å². The summed E-state index contributed by atoms with van der Waals surface area (Å²) in [5, 5.41) is 9.83. The molecule has 1 saturated heterocycles. The van der Waals surface area contributed by atoms with Crippen LogP contribution in [-0.4, -0.2) is 54.3 Å². The van der Waals surface area contributed by atoms with Gasteiger partial charge in [-0.15, -0.1) is 0 Å². The highest BCUT2D eigenvalue weighted by Gasteiger charge is 2.25. The molecule has 1 aliphatic rings. The lowest BCUT2D eigenvalue weighted by molar-refractivity contribution is 0.0452. The van der Waals surface area contributed by atoms with Crippen LogP contribution in [0.15, 0.2) is 41.3 Å². The number of β-amino-alcohol motifs (C(OH)–C–C–N with tert-alkyl or cyclic N) is 1. The Balaban J connectivity index is 0.000000203. The summed E-state index contributed by atoms with van der Waals surface area (Å²) in [4.78, 5) is 2.10. The van der Waals surface area contributed by atoms with Crippen molar-refractivity contribution in [1.82, 2.24) is 4.90 Å². The first-order valence-electron chi connectivity index (χ1n) is 9.43. The van der Waals surface area contributed by atoms with Crippen molar-refractivity contribution in [2.24, 2.45) is 5.73 Å². The number of hydrogen-bond acceptors (Lipinski definition) is 5. The Labute approximate surface area is 165 Å². The number of nitrogens with two attached hydrogens (primary N) is 1. The Morgan fingerprint density at radius 3 is 2.25 bits per heavy atom. The van der Waals surface area contributed by atoms with Crippen LogP contribution in [0.2, 0.25) is 0 Å². The molecule has 8 heteroatoms. The first-order chi connectivity index (χ1) is 13.1. The van der Waals surface area contributed by atoms with Gasteiger partial charge in [-0.3, -0.25) is 9.45 Å². The van der Waals surface area contributed by atoms with Crippen LogP contribution >= 0.6 is 0 Å². The third-order valence-corrected chi connectivity index (χ3v) is 6.09. The van der Waals surface area contributed by atoms with Gasteiger partial charge in [-0.25, -0.2) is 4.39 Å². The molecule has 0 aromatic heterocycles. The van der Waals surface area contributed by atoms with Crippen LogP contribution in [0.3, 0.4) is 0 Å². The number of aliphatic hydroxyl groups excluding tert-OH is 1. The maximum Gasteiger partial charge on any atom is 0.295 e. The molecule has 3 rings (SSSR count). The Morgan fingerprint density at radius 2 is 1.71 bits per heavy atom. The zero-order valence-corrected chi connectivity index (χ0v) is 17.1. The molecule has 1 fully saturated rings. The van der Waals surface area contributed by atoms with Crippen LogP contribution in [0.4, 0.5) is 4.39 Å². The van der Waals surface area contributed by atoms with E-state index in [0.29, 0.717) is 18.6 Å². The van der Waals surface area contributed by atoms with Gasteiger partial charge in [0.05, 0.1) is 6.10 Å². The van der Waals surface area contributed by atoms with Crippen LogP contribution in [0, 0.1) is 5.82 Å². The molecule has 0 bridgehead atoms. The van der Waals surface area contributed by atoms with Crippen LogP contribution < -0.4 is 5.73 Å². The van der Waals surface area contributed by atoms with Gasteiger partial charge in [0.25, 0.3) is 10.1 Å². The molecule has 0 spiro atoms. The second-order valence-electron chi connectivity index (χ2n) is 7.28. The zero-order valence-electron chi connectivity index (χ0n) is 16.3. The van der Waals surface area contributed by atoms with E-state index in [1.807, 2.05) is 0 Å². The van der Waals surface area contributed by atoms with Gasteiger partial charge in [-0.2, -0.15) is 8.42 Å². The number of nitrogens with zero attached hydrogens (tertiary/aromatic N) is 1. The first kappa shape index (κ1) is 22.7. The molecule has 156 valence electrons. The van der Waals surface area contributed by atoms with E-state index < -0.39 is 15.9 Å². The molecule has 1 heterocycles. The number of hydrogen-bond donors (Lipinski definition) is 3. The summed E-state index contributed by atoms with van der Waals surface area (Å²) in [6.45, 7) is 5.58. The van der Waals surface area contributed by atoms with Crippen LogP contribution in [-0.2, 0) is 10.1 Å². The first-order valence-corrected chi connectivity index (χ1v) is 10.9. The standard InChI is InChI=1S/C10H7FO3S.C10H22N2O/c11-9-5-6-10(15(12,13)14)8-4-2-1-3-7(8)9;1-8-4-3-5-9(2)12(8)7-10(13)6-11/h1-6H,(H,12,13,14);8-10,13H,3-7,11H2,1-2H3/t;8-,9+,10-/m.1/s1. The van der Waals surface area contributed by atoms with E-state index in [9.17, 15) is 17.9 Å². The molecule has 3 atom stereocenters. The number of fused-ring (bicyclic) bond motifs is 1. The van der Waals surface area contributed by atoms with E-state index in [1.165, 1.54) is 31.4 Å². The number of piperidine rings is 1. The third kappa shape index (κ3) is 5.71. The van der Waals surface area contributed by atoms with Gasteiger partial charge in [0.15, 0.2) is 0 Å². The molecule has 28 heavy (non-hydrogen) atoms. The molecule has 1 aliphatic heterocycles. The highest BCUT2D eigenvalue weighted by molar-refractivity contribution is 7.86. The molecule has 2 aromatic carbocycles. The van der Waals surface area contributed by atoms with E-state index in [0.717, 1.165) is 18.7 Å². The lowest BCUT2D eigenvalue weighted by Crippen LogP contribution is -2.48. The molecule has 0 unspecified atom stereocenters. The average Bonchev–Trinajstić information content (AvgIpc) is 2.64. The number of benzene rings is 2. The van der Waals surface area contributed by atoms with Gasteiger partial charge in [-0.1, -0.05) is 30.7 Å². The van der Waals surface area contributed by atoms with Crippen molar-refractivity contribution in [3.05, 3.63) is 42.2 Å². The highest BCUT2D eigenvalue weighted by Crippen LogP contribution is 2.25. The molecule has 4 N–H and O–H groups in total. The summed E-state index contributed by atoms with van der Waals surface area (Å²) < 4.78 is 44.2. The SMILES string of the molecule is C[C@@H]1CCC[C@H](C)N1C[C@H](O)CN.O=S(=O)(O)c1ccc(F)c2ccccc12. The third-order valence-electron chi connectivity index (χ3n) is 5.18. The molecule has 0 aliphatic carbocycles. The van der Waals surface area contributed by atoms with Crippen molar-refractivity contribution in [2.75, 3.05) is 13.1 Å². The summed E-state index contributed by atoms with van der Waals surface area (Å²) >= 11 is 0. The number of halogens is 1. The van der Waals surface area contributed by atoms with Gasteiger partial charge in [0.1, 0.15) is 10.7 Å². The fraction of sp³-hybridized carbons (Fsp3) is 0.500. The summed E-state index contributed by atoms with van der Waals surface area (Å²) in [5.74, 6) is -0.516. The Morgan fingerprint density at radius 1 is 1.14 bits per heavy atom. The van der Waals surface area contributed by atoms with Crippen molar-refractivity contribution >= 4 is 20.9 Å². The van der Waals surface area contributed by atoms with Crippen LogP contribution in [0.5, 0.6) is 0 Å². The van der Waals surface area contributed by atoms with Gasteiger partial charge in [0, 0.05) is 35.9 Å². The maximum absolute atomic E-state index is 13.3. The van der Waals surface area contributed by atoms with Crippen molar-refractivity contribution in [1.29, 1.82) is 0 Å². The molecule has 0 saturated carbocycles. The summed E-state index contributed by atoms with van der Waals surface area (Å²) in [5.41, 5.74) is 5.40.